The predicted molar refractivity (Wildman–Crippen MR) is 116 cm³/mol. The lowest BCUT2D eigenvalue weighted by Crippen LogP contribution is -2.45. The van der Waals surface area contributed by atoms with E-state index in [0.29, 0.717) is 37.0 Å². The van der Waals surface area contributed by atoms with Gasteiger partial charge in [-0.25, -0.2) is 4.39 Å². The van der Waals surface area contributed by atoms with Crippen molar-refractivity contribution in [2.24, 2.45) is 0 Å². The summed E-state index contributed by atoms with van der Waals surface area (Å²) in [6.45, 7) is 1.91. The number of benzene rings is 2. The van der Waals surface area contributed by atoms with E-state index in [1.807, 2.05) is 31.2 Å². The average molecular weight is 429 g/mol. The van der Waals surface area contributed by atoms with Crippen LogP contribution in [0.15, 0.2) is 42.5 Å². The minimum absolute atomic E-state index is 0.0755. The highest BCUT2D eigenvalue weighted by molar-refractivity contribution is 5.80. The SMILES string of the molecule is COc1cccc([C@@H](C)NC(=O)CC[C@]2(Cc3cc(OC)ccc3F)CCC(=O)N2)c1. The average Bonchev–Trinajstić information content (AvgIpc) is 3.14. The minimum Gasteiger partial charge on any atom is -0.497 e. The van der Waals surface area contributed by atoms with E-state index in [9.17, 15) is 14.0 Å². The second-order valence-corrected chi connectivity index (χ2v) is 8.03. The summed E-state index contributed by atoms with van der Waals surface area (Å²) in [5, 5.41) is 5.99. The van der Waals surface area contributed by atoms with Gasteiger partial charge in [0.2, 0.25) is 11.8 Å². The summed E-state index contributed by atoms with van der Waals surface area (Å²) in [6, 6.07) is 11.9. The molecule has 1 saturated heterocycles. The van der Waals surface area contributed by atoms with Crippen molar-refractivity contribution in [2.45, 2.75) is 50.6 Å². The van der Waals surface area contributed by atoms with Crippen molar-refractivity contribution in [3.05, 3.63) is 59.4 Å². The lowest BCUT2D eigenvalue weighted by Gasteiger charge is -2.30. The molecule has 2 aromatic carbocycles. The van der Waals surface area contributed by atoms with Gasteiger partial charge in [0, 0.05) is 18.4 Å². The first-order valence-corrected chi connectivity index (χ1v) is 10.4. The van der Waals surface area contributed by atoms with Gasteiger partial charge >= 0.3 is 0 Å². The van der Waals surface area contributed by atoms with Crippen LogP contribution in [-0.2, 0) is 16.0 Å². The lowest BCUT2D eigenvalue weighted by atomic mass is 9.84. The molecule has 166 valence electrons. The third kappa shape index (κ3) is 5.75. The molecule has 1 heterocycles. The van der Waals surface area contributed by atoms with Crippen LogP contribution >= 0.6 is 0 Å². The van der Waals surface area contributed by atoms with Crippen molar-refractivity contribution in [1.29, 1.82) is 0 Å². The highest BCUT2D eigenvalue weighted by Crippen LogP contribution is 2.31. The van der Waals surface area contributed by atoms with Crippen LogP contribution in [-0.4, -0.2) is 31.6 Å². The van der Waals surface area contributed by atoms with Crippen molar-refractivity contribution in [1.82, 2.24) is 10.6 Å². The van der Waals surface area contributed by atoms with Crippen LogP contribution < -0.4 is 20.1 Å². The Morgan fingerprint density at radius 2 is 1.94 bits per heavy atom. The molecule has 3 rings (SSSR count). The van der Waals surface area contributed by atoms with Gasteiger partial charge in [-0.2, -0.15) is 0 Å². The summed E-state index contributed by atoms with van der Waals surface area (Å²) in [6.07, 6.45) is 1.88. The van der Waals surface area contributed by atoms with Crippen LogP contribution in [0.1, 0.15) is 49.8 Å². The van der Waals surface area contributed by atoms with Crippen LogP contribution in [0, 0.1) is 5.82 Å². The number of nitrogens with one attached hydrogen (secondary N) is 2. The van der Waals surface area contributed by atoms with Gasteiger partial charge in [-0.05, 0) is 67.6 Å². The number of carbonyl (C=O) groups excluding carboxylic acids is 2. The summed E-state index contributed by atoms with van der Waals surface area (Å²) in [5.41, 5.74) is 0.752. The number of methoxy groups -OCH3 is 2. The fraction of sp³-hybridized carbons (Fsp3) is 0.417. The molecule has 31 heavy (non-hydrogen) atoms. The van der Waals surface area contributed by atoms with Crippen molar-refractivity contribution in [2.75, 3.05) is 14.2 Å². The lowest BCUT2D eigenvalue weighted by molar-refractivity contribution is -0.123. The highest BCUT2D eigenvalue weighted by Gasteiger charge is 2.38. The van der Waals surface area contributed by atoms with Gasteiger partial charge in [0.1, 0.15) is 17.3 Å². The molecule has 2 amide bonds. The van der Waals surface area contributed by atoms with Crippen LogP contribution in [0.5, 0.6) is 11.5 Å². The van der Waals surface area contributed by atoms with Gasteiger partial charge < -0.3 is 20.1 Å². The molecule has 1 aliphatic rings. The van der Waals surface area contributed by atoms with Crippen LogP contribution in [0.2, 0.25) is 0 Å². The topological polar surface area (TPSA) is 76.7 Å². The molecule has 0 saturated carbocycles. The van der Waals surface area contributed by atoms with E-state index in [2.05, 4.69) is 10.6 Å². The van der Waals surface area contributed by atoms with Gasteiger partial charge in [0.05, 0.1) is 20.3 Å². The van der Waals surface area contributed by atoms with Gasteiger partial charge in [0.25, 0.3) is 0 Å². The third-order valence-electron chi connectivity index (χ3n) is 5.82. The Morgan fingerprint density at radius 3 is 2.61 bits per heavy atom. The largest absolute Gasteiger partial charge is 0.497 e. The molecule has 1 fully saturated rings. The molecular weight excluding hydrogens is 399 g/mol. The maximum absolute atomic E-state index is 14.4. The molecule has 2 N–H and O–H groups in total. The zero-order chi connectivity index (χ0) is 22.4. The Labute approximate surface area is 182 Å². The van der Waals surface area contributed by atoms with Crippen LogP contribution in [0.3, 0.4) is 0 Å². The Bertz CT molecular complexity index is 949. The number of ether oxygens (including phenoxy) is 2. The second-order valence-electron chi connectivity index (χ2n) is 8.03. The molecule has 1 aliphatic heterocycles. The molecule has 7 heteroatoms. The maximum atomic E-state index is 14.4. The van der Waals surface area contributed by atoms with Gasteiger partial charge in [0.15, 0.2) is 0 Å². The Kier molecular flexibility index (Phi) is 7.15. The fourth-order valence-electron chi connectivity index (χ4n) is 4.02. The smallest absolute Gasteiger partial charge is 0.220 e. The zero-order valence-corrected chi connectivity index (χ0v) is 18.2. The van der Waals surface area contributed by atoms with Crippen LogP contribution in [0.25, 0.3) is 0 Å². The molecule has 0 aromatic heterocycles. The molecule has 0 bridgehead atoms. The monoisotopic (exact) mass is 428 g/mol. The molecular formula is C24H29FN2O4. The number of amides is 2. The fourth-order valence-corrected chi connectivity index (χ4v) is 4.02. The number of carbonyl (C=O) groups is 2. The van der Waals surface area contributed by atoms with E-state index in [4.69, 9.17) is 9.47 Å². The van der Waals surface area contributed by atoms with E-state index in [1.54, 1.807) is 19.2 Å². The first-order chi connectivity index (χ1) is 14.8. The van der Waals surface area contributed by atoms with Crippen LogP contribution in [0.4, 0.5) is 4.39 Å². The summed E-state index contributed by atoms with van der Waals surface area (Å²) < 4.78 is 24.8. The first kappa shape index (κ1) is 22.6. The summed E-state index contributed by atoms with van der Waals surface area (Å²) >= 11 is 0. The molecule has 0 unspecified atom stereocenters. The normalized spacial score (nSPS) is 18.9. The van der Waals surface area contributed by atoms with Crippen molar-refractivity contribution >= 4 is 11.8 Å². The molecule has 6 nitrogen and oxygen atoms in total. The molecule has 0 radical (unpaired) electrons. The van der Waals surface area contributed by atoms with Gasteiger partial charge in [-0.1, -0.05) is 12.1 Å². The van der Waals surface area contributed by atoms with E-state index in [0.717, 1.165) is 11.3 Å². The quantitative estimate of drug-likeness (QED) is 0.639. The predicted octanol–water partition coefficient (Wildman–Crippen LogP) is 3.69. The Hall–Kier alpha value is -3.09. The highest BCUT2D eigenvalue weighted by atomic mass is 19.1. The molecule has 0 spiro atoms. The molecule has 2 atom stereocenters. The number of hydrogen-bond acceptors (Lipinski definition) is 4. The summed E-state index contributed by atoms with van der Waals surface area (Å²) in [4.78, 5) is 24.6. The van der Waals surface area contributed by atoms with E-state index >= 15 is 0 Å². The van der Waals surface area contributed by atoms with Gasteiger partial charge in [-0.3, -0.25) is 9.59 Å². The molecule has 2 aromatic rings. The van der Waals surface area contributed by atoms with E-state index < -0.39 is 5.54 Å². The summed E-state index contributed by atoms with van der Waals surface area (Å²) in [7, 11) is 3.13. The Balaban J connectivity index is 1.66. The van der Waals surface area contributed by atoms with E-state index in [1.165, 1.54) is 13.2 Å². The van der Waals surface area contributed by atoms with Crippen molar-refractivity contribution in [3.63, 3.8) is 0 Å². The van der Waals surface area contributed by atoms with Gasteiger partial charge in [-0.15, -0.1) is 0 Å². The first-order valence-electron chi connectivity index (χ1n) is 10.4. The van der Waals surface area contributed by atoms with Crippen molar-refractivity contribution < 1.29 is 23.5 Å². The second kappa shape index (κ2) is 9.81. The van der Waals surface area contributed by atoms with Crippen molar-refractivity contribution in [3.8, 4) is 11.5 Å². The standard InChI is InChI=1S/C24H29FN2O4/c1-16(17-5-4-6-19(13-17)30-2)26-22(28)9-11-24(12-10-23(29)27-24)15-18-14-20(31-3)7-8-21(18)25/h4-8,13-14,16H,9-12,15H2,1-3H3,(H,26,28)(H,27,29)/t16-,24-/m1/s1. The molecule has 0 aliphatic carbocycles. The number of halogens is 1. The van der Waals surface area contributed by atoms with E-state index in [-0.39, 0.29) is 30.1 Å². The third-order valence-corrected chi connectivity index (χ3v) is 5.82. The number of rotatable bonds is 9. The minimum atomic E-state index is -0.652. The summed E-state index contributed by atoms with van der Waals surface area (Å²) in [5.74, 6) is 0.736. The number of hydrogen-bond donors (Lipinski definition) is 2. The Morgan fingerprint density at radius 1 is 1.19 bits per heavy atom. The zero-order valence-electron chi connectivity index (χ0n) is 18.2. The maximum Gasteiger partial charge on any atom is 0.220 e.